The molecule has 108 valence electrons. The quantitative estimate of drug-likeness (QED) is 0.841. The maximum atomic E-state index is 13.3. The Bertz CT molecular complexity index is 652. The molecule has 2 unspecified atom stereocenters. The van der Waals surface area contributed by atoms with Crippen molar-refractivity contribution in [3.05, 3.63) is 29.6 Å². The van der Waals surface area contributed by atoms with Gasteiger partial charge in [-0.1, -0.05) is 13.8 Å². The first-order valence-corrected chi connectivity index (χ1v) is 8.00. The number of piperidine rings is 1. The summed E-state index contributed by atoms with van der Waals surface area (Å²) in [6.45, 7) is 5.06. The molecule has 0 amide bonds. The molecule has 0 N–H and O–H groups in total. The second-order valence-electron chi connectivity index (χ2n) is 5.36. The Hall–Kier alpha value is -1.45. The molecule has 4 nitrogen and oxygen atoms in total. The van der Waals surface area contributed by atoms with E-state index >= 15 is 0 Å². The van der Waals surface area contributed by atoms with Crippen LogP contribution in [0.3, 0.4) is 0 Å². The molecule has 1 aliphatic rings. The predicted molar refractivity (Wildman–Crippen MR) is 72.8 cm³/mol. The minimum atomic E-state index is -3.65. The molecule has 1 heterocycles. The molecule has 1 aromatic rings. The summed E-state index contributed by atoms with van der Waals surface area (Å²) in [5, 5.41) is 8.80. The van der Waals surface area contributed by atoms with E-state index in [4.69, 9.17) is 5.26 Å². The van der Waals surface area contributed by atoms with E-state index in [-0.39, 0.29) is 16.4 Å². The zero-order chi connectivity index (χ0) is 14.9. The van der Waals surface area contributed by atoms with Gasteiger partial charge in [-0.3, -0.25) is 0 Å². The van der Waals surface area contributed by atoms with Gasteiger partial charge in [0.05, 0.1) is 10.5 Å². The number of hydrogen-bond donors (Lipinski definition) is 0. The van der Waals surface area contributed by atoms with Crippen molar-refractivity contribution in [3.63, 3.8) is 0 Å². The van der Waals surface area contributed by atoms with Crippen LogP contribution in [0.25, 0.3) is 0 Å². The van der Waals surface area contributed by atoms with Crippen LogP contribution in [0.5, 0.6) is 0 Å². The minimum Gasteiger partial charge on any atom is -0.207 e. The third-order valence-corrected chi connectivity index (χ3v) is 5.85. The Morgan fingerprint density at radius 1 is 1.35 bits per heavy atom. The van der Waals surface area contributed by atoms with Crippen molar-refractivity contribution >= 4 is 10.0 Å². The summed E-state index contributed by atoms with van der Waals surface area (Å²) in [5.41, 5.74) is -0.246. The number of rotatable bonds is 2. The van der Waals surface area contributed by atoms with Gasteiger partial charge in [0.15, 0.2) is 0 Å². The highest BCUT2D eigenvalue weighted by Crippen LogP contribution is 2.27. The molecular formula is C14H17FN2O2S. The number of nitriles is 1. The lowest BCUT2D eigenvalue weighted by atomic mass is 9.90. The molecule has 0 radical (unpaired) electrons. The van der Waals surface area contributed by atoms with Crippen LogP contribution in [0.2, 0.25) is 0 Å². The third kappa shape index (κ3) is 2.69. The molecule has 2 atom stereocenters. The number of nitrogens with zero attached hydrogens (tertiary/aromatic N) is 2. The summed E-state index contributed by atoms with van der Waals surface area (Å²) in [5.74, 6) is 0.0748. The molecule has 0 aliphatic carbocycles. The second kappa shape index (κ2) is 5.51. The summed E-state index contributed by atoms with van der Waals surface area (Å²) >= 11 is 0. The Kier molecular flexibility index (Phi) is 4.11. The van der Waals surface area contributed by atoms with Crippen molar-refractivity contribution in [2.24, 2.45) is 11.8 Å². The molecule has 0 aromatic heterocycles. The second-order valence-corrected chi connectivity index (χ2v) is 7.30. The topological polar surface area (TPSA) is 61.2 Å². The highest BCUT2D eigenvalue weighted by Gasteiger charge is 2.32. The number of hydrogen-bond acceptors (Lipinski definition) is 3. The normalized spacial score (nSPS) is 24.3. The van der Waals surface area contributed by atoms with Gasteiger partial charge >= 0.3 is 0 Å². The van der Waals surface area contributed by atoms with Gasteiger partial charge in [-0.05, 0) is 36.5 Å². The van der Waals surface area contributed by atoms with Gasteiger partial charge in [0.25, 0.3) is 0 Å². The predicted octanol–water partition coefficient (Wildman–Crippen LogP) is 2.36. The average Bonchev–Trinajstić information content (AvgIpc) is 2.42. The standard InChI is InChI=1S/C14H17FN2O2S/c1-10-5-6-17(9-11(10)2)20(18,19)13-3-4-14(15)12(7-13)8-16/h3-4,7,10-11H,5-6,9H2,1-2H3. The number of halogens is 1. The molecule has 1 aromatic carbocycles. The highest BCUT2D eigenvalue weighted by atomic mass is 32.2. The summed E-state index contributed by atoms with van der Waals surface area (Å²) in [7, 11) is -3.65. The van der Waals surface area contributed by atoms with Crippen LogP contribution in [-0.4, -0.2) is 25.8 Å². The third-order valence-electron chi connectivity index (χ3n) is 3.99. The van der Waals surface area contributed by atoms with E-state index < -0.39 is 15.8 Å². The van der Waals surface area contributed by atoms with Crippen LogP contribution in [0, 0.1) is 29.0 Å². The largest absolute Gasteiger partial charge is 0.243 e. The van der Waals surface area contributed by atoms with E-state index in [1.807, 2.05) is 6.92 Å². The Morgan fingerprint density at radius 3 is 2.65 bits per heavy atom. The number of benzene rings is 1. The van der Waals surface area contributed by atoms with Gasteiger partial charge in [-0.15, -0.1) is 0 Å². The van der Waals surface area contributed by atoms with Crippen LogP contribution < -0.4 is 0 Å². The van der Waals surface area contributed by atoms with Crippen LogP contribution >= 0.6 is 0 Å². The average molecular weight is 296 g/mol. The smallest absolute Gasteiger partial charge is 0.207 e. The van der Waals surface area contributed by atoms with Gasteiger partial charge in [0.2, 0.25) is 10.0 Å². The van der Waals surface area contributed by atoms with E-state index in [0.717, 1.165) is 18.6 Å². The fourth-order valence-corrected chi connectivity index (χ4v) is 3.92. The van der Waals surface area contributed by atoms with Crippen molar-refractivity contribution in [1.82, 2.24) is 4.31 Å². The fraction of sp³-hybridized carbons (Fsp3) is 0.500. The van der Waals surface area contributed by atoms with E-state index in [1.165, 1.54) is 10.4 Å². The molecule has 6 heteroatoms. The highest BCUT2D eigenvalue weighted by molar-refractivity contribution is 7.89. The SMILES string of the molecule is CC1CCN(S(=O)(=O)c2ccc(F)c(C#N)c2)CC1C. The molecule has 0 saturated carbocycles. The zero-order valence-corrected chi connectivity index (χ0v) is 12.3. The minimum absolute atomic E-state index is 0.0165. The lowest BCUT2D eigenvalue weighted by molar-refractivity contribution is 0.212. The molecule has 2 rings (SSSR count). The van der Waals surface area contributed by atoms with Gasteiger partial charge in [-0.2, -0.15) is 9.57 Å². The summed E-state index contributed by atoms with van der Waals surface area (Å²) in [4.78, 5) is -0.0165. The van der Waals surface area contributed by atoms with Gasteiger partial charge in [0, 0.05) is 13.1 Å². The van der Waals surface area contributed by atoms with Gasteiger partial charge < -0.3 is 0 Å². The first kappa shape index (κ1) is 14.9. The van der Waals surface area contributed by atoms with Crippen LogP contribution in [0.1, 0.15) is 25.8 Å². The molecule has 1 aliphatic heterocycles. The molecule has 20 heavy (non-hydrogen) atoms. The molecule has 0 spiro atoms. The summed E-state index contributed by atoms with van der Waals surface area (Å²) in [6, 6.07) is 5.02. The number of sulfonamides is 1. The van der Waals surface area contributed by atoms with E-state index in [2.05, 4.69) is 6.92 Å². The first-order chi connectivity index (χ1) is 9.36. The Labute approximate surface area is 118 Å². The van der Waals surface area contributed by atoms with Crippen LogP contribution in [0.15, 0.2) is 23.1 Å². The molecular weight excluding hydrogens is 279 g/mol. The van der Waals surface area contributed by atoms with Crippen molar-refractivity contribution < 1.29 is 12.8 Å². The molecule has 1 saturated heterocycles. The van der Waals surface area contributed by atoms with Crippen LogP contribution in [-0.2, 0) is 10.0 Å². The van der Waals surface area contributed by atoms with Crippen molar-refractivity contribution in [3.8, 4) is 6.07 Å². The van der Waals surface area contributed by atoms with E-state index in [9.17, 15) is 12.8 Å². The monoisotopic (exact) mass is 296 g/mol. The van der Waals surface area contributed by atoms with Crippen LogP contribution in [0.4, 0.5) is 4.39 Å². The Balaban J connectivity index is 2.34. The zero-order valence-electron chi connectivity index (χ0n) is 11.5. The maximum absolute atomic E-state index is 13.3. The first-order valence-electron chi connectivity index (χ1n) is 6.56. The molecule has 1 fully saturated rings. The van der Waals surface area contributed by atoms with Gasteiger partial charge in [0.1, 0.15) is 11.9 Å². The fourth-order valence-electron chi connectivity index (χ4n) is 2.34. The summed E-state index contributed by atoms with van der Waals surface area (Å²) in [6.07, 6.45) is 0.812. The summed E-state index contributed by atoms with van der Waals surface area (Å²) < 4.78 is 39.7. The maximum Gasteiger partial charge on any atom is 0.243 e. The van der Waals surface area contributed by atoms with Crippen molar-refractivity contribution in [2.75, 3.05) is 13.1 Å². The lowest BCUT2D eigenvalue weighted by Gasteiger charge is -2.34. The lowest BCUT2D eigenvalue weighted by Crippen LogP contribution is -2.42. The Morgan fingerprint density at radius 2 is 2.05 bits per heavy atom. The van der Waals surface area contributed by atoms with E-state index in [0.29, 0.717) is 19.0 Å². The molecule has 0 bridgehead atoms. The van der Waals surface area contributed by atoms with Gasteiger partial charge in [-0.25, -0.2) is 12.8 Å². The van der Waals surface area contributed by atoms with E-state index in [1.54, 1.807) is 6.07 Å². The van der Waals surface area contributed by atoms with Crippen molar-refractivity contribution in [2.45, 2.75) is 25.2 Å². The van der Waals surface area contributed by atoms with Crippen molar-refractivity contribution in [1.29, 1.82) is 5.26 Å².